The first-order chi connectivity index (χ1) is 12.6. The zero-order valence-corrected chi connectivity index (χ0v) is 14.4. The van der Waals surface area contributed by atoms with Crippen molar-refractivity contribution in [2.24, 2.45) is 5.10 Å². The number of hydrogen-bond donors (Lipinski definition) is 3. The Morgan fingerprint density at radius 2 is 2.04 bits per heavy atom. The number of hydrazone groups is 1. The quantitative estimate of drug-likeness (QED) is 0.469. The summed E-state index contributed by atoms with van der Waals surface area (Å²) in [6.07, 6.45) is 1.43. The van der Waals surface area contributed by atoms with Gasteiger partial charge in [0.15, 0.2) is 17.2 Å². The van der Waals surface area contributed by atoms with Crippen LogP contribution in [0, 0.1) is 0 Å². The molecule has 9 heteroatoms. The van der Waals surface area contributed by atoms with Crippen LogP contribution < -0.4 is 15.7 Å². The molecule has 3 N–H and O–H groups in total. The predicted octanol–water partition coefficient (Wildman–Crippen LogP) is 2.65. The Hall–Kier alpha value is -3.39. The Bertz CT molecular complexity index is 1010. The van der Waals surface area contributed by atoms with E-state index in [1.54, 1.807) is 18.2 Å². The molecule has 132 valence electrons. The maximum Gasteiger partial charge on any atom is 0.279 e. The van der Waals surface area contributed by atoms with Gasteiger partial charge in [0.1, 0.15) is 0 Å². The minimum Gasteiger partial charge on any atom is -0.503 e. The van der Waals surface area contributed by atoms with Crippen molar-refractivity contribution >= 4 is 23.8 Å². The lowest BCUT2D eigenvalue weighted by Crippen LogP contribution is -2.15. The van der Waals surface area contributed by atoms with Crippen molar-refractivity contribution in [3.8, 4) is 22.8 Å². The van der Waals surface area contributed by atoms with Gasteiger partial charge in [-0.3, -0.25) is 9.78 Å². The second-order valence-corrected chi connectivity index (χ2v) is 5.55. The highest BCUT2D eigenvalue weighted by Gasteiger charge is 2.08. The highest BCUT2D eigenvalue weighted by atomic mass is 35.5. The van der Waals surface area contributed by atoms with Crippen LogP contribution in [-0.2, 0) is 0 Å². The SMILES string of the molecule is COc1cc(/C=N/Nc2nnc(-c3ccccc3)c(=O)[nH]2)cc(Cl)c1O. The molecule has 0 saturated heterocycles. The Labute approximate surface area is 153 Å². The smallest absolute Gasteiger partial charge is 0.279 e. The molecule has 3 rings (SSSR count). The number of benzene rings is 2. The minimum absolute atomic E-state index is 0.0859. The summed E-state index contributed by atoms with van der Waals surface area (Å²) < 4.78 is 5.02. The van der Waals surface area contributed by atoms with Crippen molar-refractivity contribution in [1.29, 1.82) is 0 Å². The van der Waals surface area contributed by atoms with E-state index >= 15 is 0 Å². The zero-order valence-electron chi connectivity index (χ0n) is 13.6. The summed E-state index contributed by atoms with van der Waals surface area (Å²) in [7, 11) is 1.42. The Morgan fingerprint density at radius 3 is 2.73 bits per heavy atom. The molecule has 0 radical (unpaired) electrons. The molecule has 0 unspecified atom stereocenters. The fourth-order valence-corrected chi connectivity index (χ4v) is 2.38. The lowest BCUT2D eigenvalue weighted by molar-refractivity contribution is 0.373. The molecular formula is C17H14ClN5O3. The number of aromatic nitrogens is 3. The molecule has 0 fully saturated rings. The molecule has 0 spiro atoms. The highest BCUT2D eigenvalue weighted by molar-refractivity contribution is 6.32. The van der Waals surface area contributed by atoms with E-state index in [4.69, 9.17) is 16.3 Å². The lowest BCUT2D eigenvalue weighted by Gasteiger charge is -2.06. The third kappa shape index (κ3) is 3.81. The summed E-state index contributed by atoms with van der Waals surface area (Å²) in [5, 5.41) is 21.6. The Balaban J connectivity index is 1.76. The van der Waals surface area contributed by atoms with Gasteiger partial charge in [0.25, 0.3) is 5.56 Å². The number of hydrogen-bond acceptors (Lipinski definition) is 7. The first kappa shape index (κ1) is 17.4. The number of phenols is 1. The van der Waals surface area contributed by atoms with Crippen LogP contribution >= 0.6 is 11.6 Å². The van der Waals surface area contributed by atoms with E-state index in [9.17, 15) is 9.90 Å². The molecule has 1 aromatic heterocycles. The van der Waals surface area contributed by atoms with Crippen LogP contribution in [-0.4, -0.2) is 33.6 Å². The van der Waals surface area contributed by atoms with E-state index in [0.29, 0.717) is 11.1 Å². The number of H-pyrrole nitrogens is 1. The normalized spacial score (nSPS) is 10.8. The highest BCUT2D eigenvalue weighted by Crippen LogP contribution is 2.34. The summed E-state index contributed by atoms with van der Waals surface area (Å²) in [6.45, 7) is 0. The molecule has 0 aliphatic carbocycles. The van der Waals surface area contributed by atoms with Gasteiger partial charge in [-0.15, -0.1) is 10.2 Å². The number of anilines is 1. The number of methoxy groups -OCH3 is 1. The standard InChI is InChI=1S/C17H14ClN5O3/c1-26-13-8-10(7-12(18)15(13)24)9-19-22-17-20-16(25)14(21-23-17)11-5-3-2-4-6-11/h2-9,24H,1H3,(H2,20,22,23,25)/b19-9+. The van der Waals surface area contributed by atoms with Gasteiger partial charge in [0.05, 0.1) is 18.3 Å². The van der Waals surface area contributed by atoms with Crippen LogP contribution in [0.15, 0.2) is 52.4 Å². The van der Waals surface area contributed by atoms with E-state index < -0.39 is 5.56 Å². The summed E-state index contributed by atoms with van der Waals surface area (Å²) in [6, 6.07) is 12.1. The van der Waals surface area contributed by atoms with Gasteiger partial charge < -0.3 is 9.84 Å². The minimum atomic E-state index is -0.391. The van der Waals surface area contributed by atoms with E-state index in [1.165, 1.54) is 19.4 Å². The number of aromatic amines is 1. The Kier molecular flexibility index (Phi) is 5.14. The van der Waals surface area contributed by atoms with E-state index in [2.05, 4.69) is 25.7 Å². The number of phenolic OH excluding ortho intramolecular Hbond substituents is 1. The van der Waals surface area contributed by atoms with Crippen LogP contribution in [0.1, 0.15) is 5.56 Å². The van der Waals surface area contributed by atoms with Crippen LogP contribution in [0.5, 0.6) is 11.5 Å². The van der Waals surface area contributed by atoms with Gasteiger partial charge in [-0.25, -0.2) is 5.43 Å². The fourth-order valence-electron chi connectivity index (χ4n) is 2.16. The molecule has 1 heterocycles. The molecule has 0 saturated carbocycles. The van der Waals surface area contributed by atoms with Crippen molar-refractivity contribution in [3.63, 3.8) is 0 Å². The second-order valence-electron chi connectivity index (χ2n) is 5.14. The van der Waals surface area contributed by atoms with E-state index in [1.807, 2.05) is 18.2 Å². The zero-order chi connectivity index (χ0) is 18.5. The van der Waals surface area contributed by atoms with Crippen LogP contribution in [0.3, 0.4) is 0 Å². The van der Waals surface area contributed by atoms with Crippen molar-refractivity contribution in [1.82, 2.24) is 15.2 Å². The first-order valence-corrected chi connectivity index (χ1v) is 7.84. The predicted molar refractivity (Wildman–Crippen MR) is 99.0 cm³/mol. The van der Waals surface area contributed by atoms with E-state index in [0.717, 1.165) is 0 Å². The van der Waals surface area contributed by atoms with Gasteiger partial charge in [0.2, 0.25) is 5.95 Å². The lowest BCUT2D eigenvalue weighted by atomic mass is 10.2. The van der Waals surface area contributed by atoms with Crippen molar-refractivity contribution in [2.45, 2.75) is 0 Å². The van der Waals surface area contributed by atoms with Crippen molar-refractivity contribution < 1.29 is 9.84 Å². The number of nitrogens with zero attached hydrogens (tertiary/aromatic N) is 3. The molecule has 2 aromatic carbocycles. The molecular weight excluding hydrogens is 358 g/mol. The number of halogens is 1. The van der Waals surface area contributed by atoms with Gasteiger partial charge in [-0.05, 0) is 17.7 Å². The summed E-state index contributed by atoms with van der Waals surface area (Å²) in [4.78, 5) is 14.7. The molecule has 0 atom stereocenters. The van der Waals surface area contributed by atoms with Crippen molar-refractivity contribution in [3.05, 3.63) is 63.4 Å². The number of rotatable bonds is 5. The third-order valence-corrected chi connectivity index (χ3v) is 3.69. The van der Waals surface area contributed by atoms with Crippen LogP contribution in [0.25, 0.3) is 11.3 Å². The molecule has 0 bridgehead atoms. The molecule has 0 amide bonds. The number of ether oxygens (including phenoxy) is 1. The van der Waals surface area contributed by atoms with Gasteiger partial charge >= 0.3 is 0 Å². The monoisotopic (exact) mass is 371 g/mol. The largest absolute Gasteiger partial charge is 0.503 e. The topological polar surface area (TPSA) is 112 Å². The summed E-state index contributed by atoms with van der Waals surface area (Å²) in [5.41, 5.74) is 3.65. The van der Waals surface area contributed by atoms with E-state index in [-0.39, 0.29) is 28.2 Å². The Morgan fingerprint density at radius 1 is 1.27 bits per heavy atom. The second kappa shape index (κ2) is 7.66. The third-order valence-electron chi connectivity index (χ3n) is 3.40. The molecule has 0 aliphatic heterocycles. The van der Waals surface area contributed by atoms with Gasteiger partial charge in [-0.1, -0.05) is 41.9 Å². The molecule has 0 aliphatic rings. The summed E-state index contributed by atoms with van der Waals surface area (Å²) in [5.74, 6) is 0.160. The average Bonchev–Trinajstić information content (AvgIpc) is 2.65. The molecule has 26 heavy (non-hydrogen) atoms. The maximum atomic E-state index is 12.1. The van der Waals surface area contributed by atoms with Gasteiger partial charge in [0, 0.05) is 5.56 Å². The van der Waals surface area contributed by atoms with Gasteiger partial charge in [-0.2, -0.15) is 5.10 Å². The van der Waals surface area contributed by atoms with Crippen LogP contribution in [0.4, 0.5) is 5.95 Å². The number of aromatic hydroxyl groups is 1. The molecule has 3 aromatic rings. The number of nitrogens with one attached hydrogen (secondary N) is 2. The van der Waals surface area contributed by atoms with Crippen molar-refractivity contribution in [2.75, 3.05) is 12.5 Å². The fraction of sp³-hybridized carbons (Fsp3) is 0.0588. The first-order valence-electron chi connectivity index (χ1n) is 7.46. The maximum absolute atomic E-state index is 12.1. The average molecular weight is 372 g/mol. The van der Waals surface area contributed by atoms with Crippen LogP contribution in [0.2, 0.25) is 5.02 Å². The summed E-state index contributed by atoms with van der Waals surface area (Å²) >= 11 is 5.91. The molecule has 8 nitrogen and oxygen atoms in total.